The zero-order valence-electron chi connectivity index (χ0n) is 18.1. The number of aryl methyl sites for hydroxylation is 1. The lowest BCUT2D eigenvalue weighted by molar-refractivity contribution is -0.119. The van der Waals surface area contributed by atoms with E-state index in [1.807, 2.05) is 77.6 Å². The molecule has 33 heavy (non-hydrogen) atoms. The Morgan fingerprint density at radius 3 is 2.39 bits per heavy atom. The molecule has 1 atom stereocenters. The van der Waals surface area contributed by atoms with E-state index in [9.17, 15) is 9.59 Å². The second-order valence-electron chi connectivity index (χ2n) is 7.83. The van der Waals surface area contributed by atoms with Gasteiger partial charge in [-0.25, -0.2) is 9.67 Å². The number of nitrogens with one attached hydrogen (secondary N) is 1. The van der Waals surface area contributed by atoms with Crippen LogP contribution in [0.2, 0.25) is 0 Å². The minimum Gasteiger partial charge on any atom is -0.324 e. The molecule has 0 aliphatic heterocycles. The van der Waals surface area contributed by atoms with Gasteiger partial charge in [0.2, 0.25) is 5.91 Å². The van der Waals surface area contributed by atoms with Crippen LogP contribution < -0.4 is 10.9 Å². The molecule has 5 rings (SSSR count). The Bertz CT molecular complexity index is 1470. The van der Waals surface area contributed by atoms with Crippen molar-refractivity contribution in [3.63, 3.8) is 0 Å². The van der Waals surface area contributed by atoms with Crippen LogP contribution in [0.4, 0.5) is 5.69 Å². The Kier molecular flexibility index (Phi) is 5.35. The van der Waals surface area contributed by atoms with E-state index in [0.29, 0.717) is 11.4 Å². The van der Waals surface area contributed by atoms with Gasteiger partial charge in [-0.3, -0.25) is 14.0 Å². The summed E-state index contributed by atoms with van der Waals surface area (Å²) in [6.45, 7) is 3.67. The molecule has 0 saturated carbocycles. The molecular weight excluding hydrogens is 434 g/mol. The van der Waals surface area contributed by atoms with Crippen molar-refractivity contribution in [3.8, 4) is 22.5 Å². The number of amides is 1. The lowest BCUT2D eigenvalue weighted by Crippen LogP contribution is -2.33. The highest BCUT2D eigenvalue weighted by Crippen LogP contribution is 2.23. The average molecular weight is 456 g/mol. The summed E-state index contributed by atoms with van der Waals surface area (Å²) >= 11 is 1.58. The predicted molar refractivity (Wildman–Crippen MR) is 131 cm³/mol. The number of rotatable bonds is 5. The van der Waals surface area contributed by atoms with Crippen molar-refractivity contribution >= 4 is 27.9 Å². The molecule has 0 spiro atoms. The van der Waals surface area contributed by atoms with Gasteiger partial charge in [0.05, 0.1) is 11.4 Å². The lowest BCUT2D eigenvalue weighted by atomic mass is 10.1. The molecule has 164 valence electrons. The van der Waals surface area contributed by atoms with E-state index >= 15 is 0 Å². The Hall–Kier alpha value is -4.04. The zero-order valence-corrected chi connectivity index (χ0v) is 18.9. The zero-order chi connectivity index (χ0) is 22.9. The second kappa shape index (κ2) is 8.48. The first-order chi connectivity index (χ1) is 16.0. The normalized spacial score (nSPS) is 12.1. The number of aromatic nitrogens is 4. The van der Waals surface area contributed by atoms with Crippen LogP contribution in [-0.2, 0) is 4.79 Å². The SMILES string of the molecule is Cc1ccc(-c2ccc(=O)n(C(C)C(=O)Nc3ccc(-c4cn5ccsc5n4)cc3)n2)cc1. The third-order valence-corrected chi connectivity index (χ3v) is 6.23. The van der Waals surface area contributed by atoms with Crippen molar-refractivity contribution in [2.24, 2.45) is 0 Å². The highest BCUT2D eigenvalue weighted by Gasteiger charge is 2.18. The van der Waals surface area contributed by atoms with Gasteiger partial charge < -0.3 is 5.32 Å². The first-order valence-electron chi connectivity index (χ1n) is 10.5. The molecule has 0 bridgehead atoms. The van der Waals surface area contributed by atoms with Crippen LogP contribution in [0.5, 0.6) is 0 Å². The highest BCUT2D eigenvalue weighted by molar-refractivity contribution is 7.15. The predicted octanol–water partition coefficient (Wildman–Crippen LogP) is 4.79. The molecular formula is C25H21N5O2S. The molecule has 0 aliphatic rings. The van der Waals surface area contributed by atoms with E-state index in [1.165, 1.54) is 10.7 Å². The molecule has 0 fully saturated rings. The third kappa shape index (κ3) is 4.20. The number of imidazole rings is 1. The van der Waals surface area contributed by atoms with E-state index in [4.69, 9.17) is 0 Å². The number of nitrogens with zero attached hydrogens (tertiary/aromatic N) is 4. The minimum absolute atomic E-state index is 0.319. The van der Waals surface area contributed by atoms with Crippen LogP contribution in [0, 0.1) is 6.92 Å². The van der Waals surface area contributed by atoms with Crippen molar-refractivity contribution < 1.29 is 4.79 Å². The summed E-state index contributed by atoms with van der Waals surface area (Å²) in [6, 6.07) is 17.7. The van der Waals surface area contributed by atoms with Gasteiger partial charge in [0.1, 0.15) is 6.04 Å². The van der Waals surface area contributed by atoms with E-state index < -0.39 is 6.04 Å². The summed E-state index contributed by atoms with van der Waals surface area (Å²) in [5.74, 6) is -0.319. The molecule has 0 radical (unpaired) electrons. The minimum atomic E-state index is -0.775. The molecule has 8 heteroatoms. The molecule has 7 nitrogen and oxygen atoms in total. The maximum Gasteiger partial charge on any atom is 0.267 e. The monoisotopic (exact) mass is 455 g/mol. The summed E-state index contributed by atoms with van der Waals surface area (Å²) in [5.41, 5.74) is 4.80. The fourth-order valence-corrected chi connectivity index (χ4v) is 4.23. The maximum absolute atomic E-state index is 12.9. The van der Waals surface area contributed by atoms with Gasteiger partial charge >= 0.3 is 0 Å². The quantitative estimate of drug-likeness (QED) is 0.413. The van der Waals surface area contributed by atoms with E-state index in [0.717, 1.165) is 27.3 Å². The number of benzene rings is 2. The summed E-state index contributed by atoms with van der Waals surface area (Å²) in [6.07, 6.45) is 3.94. The first-order valence-corrected chi connectivity index (χ1v) is 11.4. The van der Waals surface area contributed by atoms with Crippen LogP contribution in [0.25, 0.3) is 27.5 Å². The average Bonchev–Trinajstić information content (AvgIpc) is 3.43. The Morgan fingerprint density at radius 1 is 0.970 bits per heavy atom. The standard InChI is InChI=1S/C25H21N5O2S/c1-16-3-5-18(6-4-16)21-11-12-23(31)30(28-21)17(2)24(32)26-20-9-7-19(8-10-20)22-15-29-13-14-33-25(29)27-22/h3-15,17H,1-2H3,(H,26,32). The number of anilines is 1. The third-order valence-electron chi connectivity index (χ3n) is 5.46. The van der Waals surface area contributed by atoms with Crippen molar-refractivity contribution in [2.45, 2.75) is 19.9 Å². The van der Waals surface area contributed by atoms with Gasteiger partial charge in [0.25, 0.3) is 5.56 Å². The highest BCUT2D eigenvalue weighted by atomic mass is 32.1. The van der Waals surface area contributed by atoms with Gasteiger partial charge in [-0.15, -0.1) is 11.3 Å². The molecule has 3 aromatic heterocycles. The molecule has 0 saturated heterocycles. The van der Waals surface area contributed by atoms with Crippen molar-refractivity contribution in [2.75, 3.05) is 5.32 Å². The second-order valence-corrected chi connectivity index (χ2v) is 8.70. The summed E-state index contributed by atoms with van der Waals surface area (Å²) < 4.78 is 3.20. The van der Waals surface area contributed by atoms with Crippen LogP contribution in [0.1, 0.15) is 18.5 Å². The van der Waals surface area contributed by atoms with E-state index in [2.05, 4.69) is 15.4 Å². The summed E-state index contributed by atoms with van der Waals surface area (Å²) in [5, 5.41) is 9.30. The number of thiazole rings is 1. The molecule has 3 heterocycles. The topological polar surface area (TPSA) is 81.3 Å². The van der Waals surface area contributed by atoms with Crippen molar-refractivity contribution in [1.82, 2.24) is 19.2 Å². The summed E-state index contributed by atoms with van der Waals surface area (Å²) in [4.78, 5) is 30.8. The smallest absolute Gasteiger partial charge is 0.267 e. The Balaban J connectivity index is 1.33. The van der Waals surface area contributed by atoms with Crippen LogP contribution >= 0.6 is 11.3 Å². The maximum atomic E-state index is 12.9. The number of hydrogen-bond acceptors (Lipinski definition) is 5. The Labute approximate surface area is 194 Å². The van der Waals surface area contributed by atoms with Crippen molar-refractivity contribution in [1.29, 1.82) is 0 Å². The molecule has 5 aromatic rings. The van der Waals surface area contributed by atoms with Gasteiger partial charge in [0.15, 0.2) is 4.96 Å². The van der Waals surface area contributed by atoms with Crippen LogP contribution in [-0.4, -0.2) is 25.1 Å². The van der Waals surface area contributed by atoms with Crippen LogP contribution in [0.3, 0.4) is 0 Å². The lowest BCUT2D eigenvalue weighted by Gasteiger charge is -2.15. The van der Waals surface area contributed by atoms with E-state index in [1.54, 1.807) is 24.3 Å². The largest absolute Gasteiger partial charge is 0.324 e. The van der Waals surface area contributed by atoms with Gasteiger partial charge in [0, 0.05) is 40.7 Å². The molecule has 1 amide bonds. The van der Waals surface area contributed by atoms with Crippen molar-refractivity contribution in [3.05, 3.63) is 94.4 Å². The Morgan fingerprint density at radius 2 is 1.67 bits per heavy atom. The van der Waals surface area contributed by atoms with E-state index in [-0.39, 0.29) is 11.5 Å². The first kappa shape index (κ1) is 20.8. The fraction of sp³-hybridized carbons (Fsp3) is 0.120. The van der Waals surface area contributed by atoms with Gasteiger partial charge in [-0.1, -0.05) is 42.0 Å². The molecule has 1 N–H and O–H groups in total. The molecule has 2 aromatic carbocycles. The number of hydrogen-bond donors (Lipinski definition) is 1. The summed E-state index contributed by atoms with van der Waals surface area (Å²) in [7, 11) is 0. The van der Waals surface area contributed by atoms with Gasteiger partial charge in [-0.05, 0) is 32.0 Å². The van der Waals surface area contributed by atoms with Gasteiger partial charge in [-0.2, -0.15) is 5.10 Å². The number of fused-ring (bicyclic) bond motifs is 1. The van der Waals surface area contributed by atoms with Crippen LogP contribution in [0.15, 0.2) is 83.2 Å². The molecule has 0 aliphatic carbocycles. The molecule has 1 unspecified atom stereocenters. The number of carbonyl (C=O) groups excluding carboxylic acids is 1. The number of carbonyl (C=O) groups is 1. The fourth-order valence-electron chi connectivity index (χ4n) is 3.53.